The Bertz CT molecular complexity index is 540. The molecular weight excluding hydrogens is 314 g/mol. The molecule has 0 spiro atoms. The van der Waals surface area contributed by atoms with Gasteiger partial charge in [0, 0.05) is 9.79 Å². The van der Waals surface area contributed by atoms with Crippen LogP contribution in [0.4, 0.5) is 0 Å². The number of thioether (sulfide) groups is 3. The Labute approximate surface area is 130 Å². The maximum atomic E-state index is 4.43. The Morgan fingerprint density at radius 3 is 1.89 bits per heavy atom. The van der Waals surface area contributed by atoms with Crippen LogP contribution in [0, 0.1) is 0 Å². The second kappa shape index (κ2) is 7.42. The lowest BCUT2D eigenvalue weighted by Crippen LogP contribution is -1.95. The average Bonchev–Trinajstić information content (AvgIpc) is 2.47. The minimum absolute atomic E-state index is 0.752. The van der Waals surface area contributed by atoms with Crippen molar-refractivity contribution in [3.05, 3.63) is 24.3 Å². The molecule has 0 aliphatic carbocycles. The predicted molar refractivity (Wildman–Crippen MR) is 85.7 cm³/mol. The maximum Gasteiger partial charge on any atom is 0.197 e. The fourth-order valence-corrected chi connectivity index (χ4v) is 3.54. The molecule has 0 amide bonds. The van der Waals surface area contributed by atoms with E-state index in [1.54, 1.807) is 23.5 Å². The van der Waals surface area contributed by atoms with Gasteiger partial charge in [-0.05, 0) is 48.7 Å². The van der Waals surface area contributed by atoms with Gasteiger partial charge in [0.1, 0.15) is 0 Å². The molecule has 0 N–H and O–H groups in total. The summed E-state index contributed by atoms with van der Waals surface area (Å²) in [6.07, 6.45) is 6.02. The predicted octanol–water partition coefficient (Wildman–Crippen LogP) is 4.19. The van der Waals surface area contributed by atoms with Crippen molar-refractivity contribution in [1.82, 2.24) is 15.0 Å². The molecule has 1 heterocycles. The van der Waals surface area contributed by atoms with Crippen LogP contribution < -0.4 is 0 Å². The number of nitrogens with zero attached hydrogens (tertiary/aromatic N) is 3. The van der Waals surface area contributed by atoms with Gasteiger partial charge in [-0.3, -0.25) is 0 Å². The SMILES string of the molecule is CSc1cccc(Sc2nc(SC)nc(SC)n2)c1. The Morgan fingerprint density at radius 1 is 0.737 bits per heavy atom. The third-order valence-corrected chi connectivity index (χ3v) is 4.86. The van der Waals surface area contributed by atoms with Gasteiger partial charge < -0.3 is 0 Å². The molecule has 0 unspecified atom stereocenters. The van der Waals surface area contributed by atoms with E-state index in [1.807, 2.05) is 12.5 Å². The first-order chi connectivity index (χ1) is 9.25. The summed E-state index contributed by atoms with van der Waals surface area (Å²) in [6, 6.07) is 8.38. The Hall–Kier alpha value is -0.370. The van der Waals surface area contributed by atoms with E-state index in [4.69, 9.17) is 0 Å². The van der Waals surface area contributed by atoms with E-state index in [0.29, 0.717) is 0 Å². The summed E-state index contributed by atoms with van der Waals surface area (Å²) in [5.41, 5.74) is 0. The van der Waals surface area contributed by atoms with Gasteiger partial charge in [0.2, 0.25) is 0 Å². The number of aromatic nitrogens is 3. The molecule has 0 aliphatic heterocycles. The Kier molecular flexibility index (Phi) is 5.87. The molecule has 0 radical (unpaired) electrons. The minimum atomic E-state index is 0.752. The fourth-order valence-electron chi connectivity index (χ4n) is 1.32. The smallest absolute Gasteiger partial charge is 0.196 e. The van der Waals surface area contributed by atoms with E-state index < -0.39 is 0 Å². The van der Waals surface area contributed by atoms with Gasteiger partial charge in [0.05, 0.1) is 0 Å². The first kappa shape index (κ1) is 15.0. The van der Waals surface area contributed by atoms with Crippen molar-refractivity contribution in [2.45, 2.75) is 25.3 Å². The zero-order chi connectivity index (χ0) is 13.7. The third kappa shape index (κ3) is 4.30. The highest BCUT2D eigenvalue weighted by atomic mass is 32.2. The molecule has 1 aromatic carbocycles. The average molecular weight is 328 g/mol. The molecule has 100 valence electrons. The normalized spacial score (nSPS) is 10.7. The number of hydrogen-bond donors (Lipinski definition) is 0. The van der Waals surface area contributed by atoms with Gasteiger partial charge >= 0.3 is 0 Å². The summed E-state index contributed by atoms with van der Waals surface area (Å²) >= 11 is 6.38. The van der Waals surface area contributed by atoms with Crippen molar-refractivity contribution in [2.24, 2.45) is 0 Å². The number of rotatable bonds is 5. The van der Waals surface area contributed by atoms with Crippen LogP contribution in [-0.4, -0.2) is 33.7 Å². The largest absolute Gasteiger partial charge is 0.197 e. The van der Waals surface area contributed by atoms with Crippen molar-refractivity contribution < 1.29 is 0 Å². The summed E-state index contributed by atoms with van der Waals surface area (Å²) < 4.78 is 0. The number of benzene rings is 1. The van der Waals surface area contributed by atoms with Crippen LogP contribution in [-0.2, 0) is 0 Å². The number of hydrogen-bond acceptors (Lipinski definition) is 7. The second-order valence-electron chi connectivity index (χ2n) is 3.37. The Morgan fingerprint density at radius 2 is 1.32 bits per heavy atom. The first-order valence-corrected chi connectivity index (χ1v) is 9.90. The van der Waals surface area contributed by atoms with E-state index in [0.717, 1.165) is 20.4 Å². The van der Waals surface area contributed by atoms with E-state index in [9.17, 15) is 0 Å². The molecule has 7 heteroatoms. The minimum Gasteiger partial charge on any atom is -0.196 e. The van der Waals surface area contributed by atoms with Crippen LogP contribution >= 0.6 is 47.0 Å². The van der Waals surface area contributed by atoms with Gasteiger partial charge in [-0.15, -0.1) is 11.8 Å². The van der Waals surface area contributed by atoms with Gasteiger partial charge in [-0.2, -0.15) is 15.0 Å². The van der Waals surface area contributed by atoms with E-state index in [2.05, 4.69) is 45.5 Å². The quantitative estimate of drug-likeness (QED) is 0.762. The van der Waals surface area contributed by atoms with Crippen LogP contribution in [0.2, 0.25) is 0 Å². The summed E-state index contributed by atoms with van der Waals surface area (Å²) in [5.74, 6) is 0. The Balaban J connectivity index is 2.26. The molecule has 1 aromatic heterocycles. The highest BCUT2D eigenvalue weighted by Gasteiger charge is 2.07. The van der Waals surface area contributed by atoms with Crippen molar-refractivity contribution in [1.29, 1.82) is 0 Å². The summed E-state index contributed by atoms with van der Waals surface area (Å²) in [5, 5.41) is 2.28. The van der Waals surface area contributed by atoms with Crippen LogP contribution in [0.1, 0.15) is 0 Å². The summed E-state index contributed by atoms with van der Waals surface area (Å²) in [7, 11) is 0. The van der Waals surface area contributed by atoms with Gasteiger partial charge in [-0.1, -0.05) is 29.6 Å². The van der Waals surface area contributed by atoms with Gasteiger partial charge in [0.25, 0.3) is 0 Å². The van der Waals surface area contributed by atoms with E-state index in [1.165, 1.54) is 28.4 Å². The van der Waals surface area contributed by atoms with Crippen LogP contribution in [0.5, 0.6) is 0 Å². The summed E-state index contributed by atoms with van der Waals surface area (Å²) in [4.78, 5) is 15.6. The zero-order valence-electron chi connectivity index (χ0n) is 10.8. The first-order valence-electron chi connectivity index (χ1n) is 5.41. The molecule has 0 fully saturated rings. The molecule has 0 aliphatic rings. The van der Waals surface area contributed by atoms with Crippen LogP contribution in [0.15, 0.2) is 49.5 Å². The molecule has 2 rings (SSSR count). The van der Waals surface area contributed by atoms with Crippen LogP contribution in [0.3, 0.4) is 0 Å². The van der Waals surface area contributed by atoms with E-state index >= 15 is 0 Å². The molecule has 0 saturated heterocycles. The van der Waals surface area contributed by atoms with Gasteiger partial charge in [0.15, 0.2) is 15.5 Å². The highest BCUT2D eigenvalue weighted by Crippen LogP contribution is 2.29. The molecule has 3 nitrogen and oxygen atoms in total. The van der Waals surface area contributed by atoms with Crippen molar-refractivity contribution >= 4 is 47.0 Å². The lowest BCUT2D eigenvalue weighted by Gasteiger charge is -2.05. The summed E-state index contributed by atoms with van der Waals surface area (Å²) in [6.45, 7) is 0. The molecule has 19 heavy (non-hydrogen) atoms. The lowest BCUT2D eigenvalue weighted by molar-refractivity contribution is 0.719. The van der Waals surface area contributed by atoms with Gasteiger partial charge in [-0.25, -0.2) is 0 Å². The second-order valence-corrected chi connectivity index (χ2v) is 6.84. The highest BCUT2D eigenvalue weighted by molar-refractivity contribution is 8.00. The molecule has 0 atom stereocenters. The molecule has 0 bridgehead atoms. The maximum absolute atomic E-state index is 4.43. The molecular formula is C12H13N3S4. The van der Waals surface area contributed by atoms with E-state index in [-0.39, 0.29) is 0 Å². The van der Waals surface area contributed by atoms with Crippen molar-refractivity contribution in [2.75, 3.05) is 18.8 Å². The van der Waals surface area contributed by atoms with Crippen molar-refractivity contribution in [3.63, 3.8) is 0 Å². The van der Waals surface area contributed by atoms with Crippen molar-refractivity contribution in [3.8, 4) is 0 Å². The topological polar surface area (TPSA) is 38.7 Å². The van der Waals surface area contributed by atoms with Crippen LogP contribution in [0.25, 0.3) is 0 Å². The molecule has 2 aromatic rings. The zero-order valence-corrected chi connectivity index (χ0v) is 14.1. The standard InChI is InChI=1S/C12H13N3S4/c1-16-8-5-4-6-9(7-8)19-12-14-10(17-2)13-11(15-12)18-3/h4-7H,1-3H3. The molecule has 0 saturated carbocycles. The fraction of sp³-hybridized carbons (Fsp3) is 0.250. The monoisotopic (exact) mass is 327 g/mol. The lowest BCUT2D eigenvalue weighted by atomic mass is 10.4. The third-order valence-electron chi connectivity index (χ3n) is 2.19.